The molecule has 102 valence electrons. The SMILES string of the molecule is CCC(O)COc1c(F)cccc1CNC(C)C. The smallest absolute Gasteiger partial charge is 0.165 e. The van der Waals surface area contributed by atoms with E-state index in [2.05, 4.69) is 5.32 Å². The van der Waals surface area contributed by atoms with Gasteiger partial charge in [-0.15, -0.1) is 0 Å². The minimum Gasteiger partial charge on any atom is -0.487 e. The van der Waals surface area contributed by atoms with Gasteiger partial charge in [0.15, 0.2) is 11.6 Å². The van der Waals surface area contributed by atoms with Crippen LogP contribution in [0.4, 0.5) is 4.39 Å². The van der Waals surface area contributed by atoms with Crippen LogP contribution in [-0.2, 0) is 6.54 Å². The van der Waals surface area contributed by atoms with Gasteiger partial charge in [-0.25, -0.2) is 4.39 Å². The standard InChI is InChI=1S/C14H22FNO2/c1-4-12(17)9-18-14-11(8-16-10(2)3)6-5-7-13(14)15/h5-7,10,12,16-17H,4,8-9H2,1-3H3. The van der Waals surface area contributed by atoms with Gasteiger partial charge in [0.05, 0.1) is 6.10 Å². The summed E-state index contributed by atoms with van der Waals surface area (Å²) in [6.45, 7) is 6.58. The second kappa shape index (κ2) is 7.34. The Morgan fingerprint density at radius 1 is 1.39 bits per heavy atom. The number of hydrogen-bond acceptors (Lipinski definition) is 3. The number of aliphatic hydroxyl groups is 1. The van der Waals surface area contributed by atoms with Gasteiger partial charge in [-0.2, -0.15) is 0 Å². The van der Waals surface area contributed by atoms with Crippen LogP contribution in [-0.4, -0.2) is 23.9 Å². The molecule has 2 N–H and O–H groups in total. The van der Waals surface area contributed by atoms with Crippen LogP contribution in [0.1, 0.15) is 32.8 Å². The Morgan fingerprint density at radius 2 is 2.11 bits per heavy atom. The molecule has 0 amide bonds. The average Bonchev–Trinajstić information content (AvgIpc) is 2.34. The number of benzene rings is 1. The molecule has 1 rings (SSSR count). The zero-order valence-corrected chi connectivity index (χ0v) is 11.2. The molecule has 4 heteroatoms. The minimum absolute atomic E-state index is 0.117. The fraction of sp³-hybridized carbons (Fsp3) is 0.571. The lowest BCUT2D eigenvalue weighted by Crippen LogP contribution is -2.23. The van der Waals surface area contributed by atoms with Crippen LogP contribution in [0.25, 0.3) is 0 Å². The maximum atomic E-state index is 13.7. The van der Waals surface area contributed by atoms with Crippen molar-refractivity contribution in [2.75, 3.05) is 6.61 Å². The normalized spacial score (nSPS) is 12.8. The van der Waals surface area contributed by atoms with E-state index in [1.807, 2.05) is 26.8 Å². The second-order valence-electron chi connectivity index (χ2n) is 4.64. The quantitative estimate of drug-likeness (QED) is 0.786. The largest absolute Gasteiger partial charge is 0.487 e. The van der Waals surface area contributed by atoms with E-state index >= 15 is 0 Å². The first kappa shape index (κ1) is 14.9. The lowest BCUT2D eigenvalue weighted by Gasteiger charge is -2.16. The molecular formula is C14H22FNO2. The Balaban J connectivity index is 2.73. The molecule has 0 aliphatic rings. The van der Waals surface area contributed by atoms with Gasteiger partial charge >= 0.3 is 0 Å². The van der Waals surface area contributed by atoms with Crippen molar-refractivity contribution in [3.63, 3.8) is 0 Å². The predicted octanol–water partition coefficient (Wildman–Crippen LogP) is 2.47. The fourth-order valence-electron chi connectivity index (χ4n) is 1.47. The summed E-state index contributed by atoms with van der Waals surface area (Å²) in [4.78, 5) is 0. The predicted molar refractivity (Wildman–Crippen MR) is 70.2 cm³/mol. The van der Waals surface area contributed by atoms with Gasteiger partial charge in [-0.05, 0) is 12.5 Å². The highest BCUT2D eigenvalue weighted by Crippen LogP contribution is 2.23. The molecule has 1 aromatic carbocycles. The number of hydrogen-bond donors (Lipinski definition) is 2. The number of ether oxygens (including phenoxy) is 1. The lowest BCUT2D eigenvalue weighted by atomic mass is 10.2. The van der Waals surface area contributed by atoms with Crippen LogP contribution in [0.5, 0.6) is 5.75 Å². The van der Waals surface area contributed by atoms with E-state index in [0.717, 1.165) is 5.56 Å². The number of aliphatic hydroxyl groups excluding tert-OH is 1. The van der Waals surface area contributed by atoms with Crippen molar-refractivity contribution in [1.82, 2.24) is 5.32 Å². The Bertz CT molecular complexity index is 369. The summed E-state index contributed by atoms with van der Waals surface area (Å²) < 4.78 is 19.1. The van der Waals surface area contributed by atoms with Crippen LogP contribution in [0, 0.1) is 5.82 Å². The summed E-state index contributed by atoms with van der Waals surface area (Å²) in [6.07, 6.45) is 0.0316. The molecule has 0 bridgehead atoms. The summed E-state index contributed by atoms with van der Waals surface area (Å²) in [5.41, 5.74) is 0.770. The van der Waals surface area contributed by atoms with Crippen molar-refractivity contribution in [3.8, 4) is 5.75 Å². The molecule has 0 saturated heterocycles. The first-order valence-electron chi connectivity index (χ1n) is 6.36. The average molecular weight is 255 g/mol. The summed E-state index contributed by atoms with van der Waals surface area (Å²) in [7, 11) is 0. The zero-order chi connectivity index (χ0) is 13.5. The Labute approximate surface area is 108 Å². The van der Waals surface area contributed by atoms with E-state index in [0.29, 0.717) is 19.0 Å². The molecule has 0 aromatic heterocycles. The molecule has 0 spiro atoms. The first-order valence-corrected chi connectivity index (χ1v) is 6.36. The summed E-state index contributed by atoms with van der Waals surface area (Å²) in [6, 6.07) is 5.18. The molecule has 0 aliphatic heterocycles. The van der Waals surface area contributed by atoms with Crippen molar-refractivity contribution in [2.24, 2.45) is 0 Å². The monoisotopic (exact) mass is 255 g/mol. The number of rotatable bonds is 7. The Hall–Kier alpha value is -1.13. The van der Waals surface area contributed by atoms with Gasteiger partial charge in [0.1, 0.15) is 6.61 Å². The number of halogens is 1. The molecule has 0 aliphatic carbocycles. The zero-order valence-electron chi connectivity index (χ0n) is 11.2. The third-order valence-electron chi connectivity index (χ3n) is 2.64. The molecule has 0 heterocycles. The minimum atomic E-state index is -0.560. The maximum absolute atomic E-state index is 13.7. The highest BCUT2D eigenvalue weighted by molar-refractivity contribution is 5.35. The summed E-state index contributed by atoms with van der Waals surface area (Å²) in [5.74, 6) is -0.153. The van der Waals surface area contributed by atoms with Crippen LogP contribution in [0.15, 0.2) is 18.2 Å². The molecule has 3 nitrogen and oxygen atoms in total. The number of nitrogens with one attached hydrogen (secondary N) is 1. The first-order chi connectivity index (χ1) is 8.54. The van der Waals surface area contributed by atoms with Gasteiger partial charge in [0, 0.05) is 18.2 Å². The van der Waals surface area contributed by atoms with Gasteiger partial charge in [-0.1, -0.05) is 32.9 Å². The van der Waals surface area contributed by atoms with Crippen LogP contribution in [0.3, 0.4) is 0 Å². The van der Waals surface area contributed by atoms with Crippen molar-refractivity contribution in [2.45, 2.75) is 45.9 Å². The van der Waals surface area contributed by atoms with Gasteiger partial charge < -0.3 is 15.2 Å². The van der Waals surface area contributed by atoms with Crippen LogP contribution in [0.2, 0.25) is 0 Å². The van der Waals surface area contributed by atoms with Crippen molar-refractivity contribution in [1.29, 1.82) is 0 Å². The van der Waals surface area contributed by atoms with Crippen molar-refractivity contribution in [3.05, 3.63) is 29.6 Å². The van der Waals surface area contributed by atoms with Crippen LogP contribution >= 0.6 is 0 Å². The van der Waals surface area contributed by atoms with E-state index in [1.54, 1.807) is 6.07 Å². The summed E-state index contributed by atoms with van der Waals surface area (Å²) >= 11 is 0. The van der Waals surface area contributed by atoms with Gasteiger partial charge in [0.25, 0.3) is 0 Å². The molecular weight excluding hydrogens is 233 g/mol. The third kappa shape index (κ3) is 4.63. The van der Waals surface area contributed by atoms with Crippen LogP contribution < -0.4 is 10.1 Å². The Morgan fingerprint density at radius 3 is 2.72 bits per heavy atom. The molecule has 1 unspecified atom stereocenters. The third-order valence-corrected chi connectivity index (χ3v) is 2.64. The van der Waals surface area contributed by atoms with E-state index in [-0.39, 0.29) is 18.2 Å². The molecule has 1 atom stereocenters. The maximum Gasteiger partial charge on any atom is 0.165 e. The highest BCUT2D eigenvalue weighted by Gasteiger charge is 2.11. The Kier molecular flexibility index (Phi) is 6.09. The topological polar surface area (TPSA) is 41.5 Å². The lowest BCUT2D eigenvalue weighted by molar-refractivity contribution is 0.101. The van der Waals surface area contributed by atoms with Gasteiger partial charge in [0.2, 0.25) is 0 Å². The second-order valence-corrected chi connectivity index (χ2v) is 4.64. The van der Waals surface area contributed by atoms with E-state index in [4.69, 9.17) is 4.74 Å². The van der Waals surface area contributed by atoms with E-state index < -0.39 is 6.10 Å². The molecule has 0 radical (unpaired) electrons. The fourth-order valence-corrected chi connectivity index (χ4v) is 1.47. The van der Waals surface area contributed by atoms with E-state index in [9.17, 15) is 9.50 Å². The van der Waals surface area contributed by atoms with E-state index in [1.165, 1.54) is 6.07 Å². The number of para-hydroxylation sites is 1. The molecule has 18 heavy (non-hydrogen) atoms. The highest BCUT2D eigenvalue weighted by atomic mass is 19.1. The van der Waals surface area contributed by atoms with Crippen molar-refractivity contribution >= 4 is 0 Å². The molecule has 0 saturated carbocycles. The molecule has 1 aromatic rings. The summed E-state index contributed by atoms with van der Waals surface area (Å²) in [5, 5.41) is 12.7. The van der Waals surface area contributed by atoms with Gasteiger partial charge in [-0.3, -0.25) is 0 Å². The molecule has 0 fully saturated rings. The van der Waals surface area contributed by atoms with Crippen molar-refractivity contribution < 1.29 is 14.2 Å².